The van der Waals surface area contributed by atoms with E-state index in [4.69, 9.17) is 16.7 Å². The van der Waals surface area contributed by atoms with E-state index >= 15 is 0 Å². The zero-order valence-corrected chi connectivity index (χ0v) is 17.4. The van der Waals surface area contributed by atoms with Gasteiger partial charge in [0.25, 0.3) is 5.95 Å². The number of nitrogens with one attached hydrogen (secondary N) is 2. The lowest BCUT2D eigenvalue weighted by molar-refractivity contribution is -0.137. The summed E-state index contributed by atoms with van der Waals surface area (Å²) in [6.45, 7) is 0. The average Bonchev–Trinajstić information content (AvgIpc) is 3.16. The summed E-state index contributed by atoms with van der Waals surface area (Å²) in [5, 5.41) is 19.9. The summed E-state index contributed by atoms with van der Waals surface area (Å²) in [6, 6.07) is 17.5. The molecular formula is C22H22ClN5O3. The topological polar surface area (TPSA) is 109 Å². The maximum absolute atomic E-state index is 12.2. The fourth-order valence-corrected chi connectivity index (χ4v) is 3.99. The Morgan fingerprint density at radius 3 is 2.61 bits per heavy atom. The molecule has 8 nitrogen and oxygen atoms in total. The molecule has 2 aromatic carbocycles. The number of aliphatic carboxylic acids is 1. The van der Waals surface area contributed by atoms with Gasteiger partial charge in [-0.05, 0) is 30.0 Å². The fraction of sp³-hybridized carbons (Fsp3) is 0.273. The number of carbonyl (C=O) groups is 2. The zero-order chi connectivity index (χ0) is 21.8. The molecule has 9 heteroatoms. The summed E-state index contributed by atoms with van der Waals surface area (Å²) in [4.78, 5) is 27.3. The van der Waals surface area contributed by atoms with Gasteiger partial charge in [-0.1, -0.05) is 60.1 Å². The van der Waals surface area contributed by atoms with Gasteiger partial charge in [-0.3, -0.25) is 14.9 Å². The molecule has 2 unspecified atom stereocenters. The van der Waals surface area contributed by atoms with Crippen LogP contribution in [-0.2, 0) is 9.59 Å². The number of nitrogens with zero attached hydrogens (tertiary/aromatic N) is 3. The molecule has 31 heavy (non-hydrogen) atoms. The van der Waals surface area contributed by atoms with Crippen LogP contribution in [0.25, 0.3) is 0 Å². The first-order chi connectivity index (χ1) is 15.0. The smallest absolute Gasteiger partial charge is 0.303 e. The third-order valence-electron chi connectivity index (χ3n) is 5.20. The van der Waals surface area contributed by atoms with E-state index in [1.165, 1.54) is 0 Å². The number of rotatable bonds is 7. The van der Waals surface area contributed by atoms with Crippen molar-refractivity contribution in [1.29, 1.82) is 0 Å². The van der Waals surface area contributed by atoms with E-state index in [0.29, 0.717) is 17.4 Å². The fourth-order valence-electron chi connectivity index (χ4n) is 3.73. The van der Waals surface area contributed by atoms with Crippen LogP contribution in [-0.4, -0.2) is 31.7 Å². The Labute approximate surface area is 184 Å². The normalized spacial score (nSPS) is 17.5. The molecule has 160 valence electrons. The van der Waals surface area contributed by atoms with Crippen LogP contribution in [0.4, 0.5) is 11.9 Å². The van der Waals surface area contributed by atoms with E-state index in [1.807, 2.05) is 42.5 Å². The number of hydrogen-bond acceptors (Lipinski definition) is 5. The number of benzene rings is 2. The highest BCUT2D eigenvalue weighted by molar-refractivity contribution is 6.31. The Morgan fingerprint density at radius 1 is 1.13 bits per heavy atom. The van der Waals surface area contributed by atoms with Crippen LogP contribution in [0.5, 0.6) is 0 Å². The van der Waals surface area contributed by atoms with Crippen LogP contribution >= 0.6 is 11.6 Å². The van der Waals surface area contributed by atoms with Crippen LogP contribution in [0.1, 0.15) is 48.9 Å². The van der Waals surface area contributed by atoms with E-state index in [2.05, 4.69) is 32.8 Å². The molecule has 0 aliphatic carbocycles. The minimum Gasteiger partial charge on any atom is -0.481 e. The van der Waals surface area contributed by atoms with Crippen molar-refractivity contribution < 1.29 is 14.7 Å². The first-order valence-corrected chi connectivity index (χ1v) is 10.4. The lowest BCUT2D eigenvalue weighted by atomic mass is 9.93. The molecule has 1 amide bonds. The van der Waals surface area contributed by atoms with Crippen LogP contribution in [0.2, 0.25) is 5.02 Å². The molecule has 1 aromatic heterocycles. The number of carboxylic acid groups (broad SMARTS) is 1. The number of hydrogen-bond donors (Lipinski definition) is 3. The van der Waals surface area contributed by atoms with Crippen molar-refractivity contribution in [3.05, 3.63) is 70.7 Å². The Hall–Kier alpha value is -3.39. The van der Waals surface area contributed by atoms with E-state index in [-0.39, 0.29) is 43.2 Å². The predicted octanol–water partition coefficient (Wildman–Crippen LogP) is 4.27. The zero-order valence-electron chi connectivity index (χ0n) is 16.7. The van der Waals surface area contributed by atoms with E-state index < -0.39 is 5.97 Å². The van der Waals surface area contributed by atoms with Crippen LogP contribution in [0, 0.1) is 0 Å². The van der Waals surface area contributed by atoms with Gasteiger partial charge in [0.05, 0.1) is 12.1 Å². The maximum atomic E-state index is 12.2. The van der Waals surface area contributed by atoms with Crippen LogP contribution < -0.4 is 10.6 Å². The largest absolute Gasteiger partial charge is 0.481 e. The highest BCUT2D eigenvalue weighted by Crippen LogP contribution is 2.40. The van der Waals surface area contributed by atoms with Gasteiger partial charge in [-0.25, -0.2) is 4.68 Å². The number of carbonyl (C=O) groups excluding carboxylic acids is 1. The lowest BCUT2D eigenvalue weighted by Crippen LogP contribution is -2.28. The first kappa shape index (κ1) is 20.9. The minimum absolute atomic E-state index is 0.00158. The molecule has 2 atom stereocenters. The van der Waals surface area contributed by atoms with Crippen molar-refractivity contribution in [1.82, 2.24) is 14.8 Å². The van der Waals surface area contributed by atoms with Gasteiger partial charge in [0.15, 0.2) is 0 Å². The highest BCUT2D eigenvalue weighted by atomic mass is 35.5. The molecule has 4 rings (SSSR count). The van der Waals surface area contributed by atoms with Crippen LogP contribution in [0.3, 0.4) is 0 Å². The molecule has 0 saturated heterocycles. The van der Waals surface area contributed by atoms with E-state index in [1.54, 1.807) is 4.68 Å². The summed E-state index contributed by atoms with van der Waals surface area (Å²) in [6.07, 6.45) is 0.987. The van der Waals surface area contributed by atoms with Crippen molar-refractivity contribution in [2.75, 3.05) is 10.6 Å². The summed E-state index contributed by atoms with van der Waals surface area (Å²) >= 11 is 6.49. The average molecular weight is 440 g/mol. The molecule has 2 heterocycles. The summed E-state index contributed by atoms with van der Waals surface area (Å²) in [5.74, 6) is -0.542. The number of anilines is 2. The van der Waals surface area contributed by atoms with E-state index in [0.717, 1.165) is 11.1 Å². The third kappa shape index (κ3) is 4.86. The number of halogens is 1. The predicted molar refractivity (Wildman–Crippen MR) is 117 cm³/mol. The van der Waals surface area contributed by atoms with Crippen molar-refractivity contribution in [3.8, 4) is 0 Å². The van der Waals surface area contributed by atoms with Gasteiger partial charge in [0.1, 0.15) is 0 Å². The number of carboxylic acids is 1. The number of aromatic nitrogens is 3. The monoisotopic (exact) mass is 439 g/mol. The Morgan fingerprint density at radius 2 is 1.87 bits per heavy atom. The third-order valence-corrected chi connectivity index (χ3v) is 5.54. The summed E-state index contributed by atoms with van der Waals surface area (Å²) < 4.78 is 1.74. The minimum atomic E-state index is -0.929. The summed E-state index contributed by atoms with van der Waals surface area (Å²) in [7, 11) is 0. The van der Waals surface area contributed by atoms with Crippen molar-refractivity contribution in [3.63, 3.8) is 0 Å². The Balaban J connectivity index is 1.61. The second-order valence-corrected chi connectivity index (χ2v) is 7.79. The quantitative estimate of drug-likeness (QED) is 0.507. The molecule has 3 aromatic rings. The Kier molecular flexibility index (Phi) is 6.18. The lowest BCUT2D eigenvalue weighted by Gasteiger charge is -2.32. The van der Waals surface area contributed by atoms with Crippen LogP contribution in [0.15, 0.2) is 54.6 Å². The number of amides is 1. The number of fused-ring (bicyclic) bond motifs is 1. The molecule has 0 radical (unpaired) electrons. The molecule has 0 bridgehead atoms. The standard InChI is InChI=1S/C22H22ClN5O3/c23-16-10-5-4-9-15(16)18-13-17(14-7-2-1-3-8-14)24-22-26-21(27-28(18)22)25-19(29)11-6-12-20(30)31/h1-5,7-10,17-18H,6,11-13H2,(H,30,31)(H2,24,25,26,27,29). The highest BCUT2D eigenvalue weighted by Gasteiger charge is 2.32. The molecule has 1 aliphatic rings. The second kappa shape index (κ2) is 9.18. The molecule has 0 saturated carbocycles. The molecule has 0 fully saturated rings. The van der Waals surface area contributed by atoms with Gasteiger partial charge in [-0.15, -0.1) is 5.10 Å². The molecule has 3 N–H and O–H groups in total. The van der Waals surface area contributed by atoms with Gasteiger partial charge in [0, 0.05) is 17.9 Å². The first-order valence-electron chi connectivity index (χ1n) is 10.1. The molecule has 0 spiro atoms. The van der Waals surface area contributed by atoms with Gasteiger partial charge in [-0.2, -0.15) is 4.98 Å². The second-order valence-electron chi connectivity index (χ2n) is 7.38. The van der Waals surface area contributed by atoms with Gasteiger partial charge in [0.2, 0.25) is 11.9 Å². The van der Waals surface area contributed by atoms with Crippen molar-refractivity contribution in [2.24, 2.45) is 0 Å². The maximum Gasteiger partial charge on any atom is 0.303 e. The van der Waals surface area contributed by atoms with Crippen molar-refractivity contribution >= 4 is 35.4 Å². The molecule has 1 aliphatic heterocycles. The Bertz CT molecular complexity index is 1090. The van der Waals surface area contributed by atoms with Gasteiger partial charge >= 0.3 is 5.97 Å². The molecular weight excluding hydrogens is 418 g/mol. The van der Waals surface area contributed by atoms with Gasteiger partial charge < -0.3 is 10.4 Å². The SMILES string of the molecule is O=C(O)CCCC(=O)Nc1nc2n(n1)C(c1ccccc1Cl)CC(c1ccccc1)N2. The summed E-state index contributed by atoms with van der Waals surface area (Å²) in [5.41, 5.74) is 2.05. The van der Waals surface area contributed by atoms with E-state index in [9.17, 15) is 9.59 Å². The van der Waals surface area contributed by atoms with Crippen molar-refractivity contribution in [2.45, 2.75) is 37.8 Å².